The molecule has 77 heavy (non-hydrogen) atoms. The van der Waals surface area contributed by atoms with Crippen LogP contribution in [0.15, 0.2) is 85.1 Å². The Morgan fingerprint density at radius 1 is 0.403 bits per heavy atom. The molecule has 0 heterocycles. The van der Waals surface area contributed by atoms with Crippen molar-refractivity contribution in [3.05, 3.63) is 85.1 Å². The van der Waals surface area contributed by atoms with Crippen LogP contribution in [0.4, 0.5) is 0 Å². The van der Waals surface area contributed by atoms with Gasteiger partial charge >= 0.3 is 11.9 Å². The largest absolute Gasteiger partial charge is 0.545 e. The number of carbonyl (C=O) groups excluding carboxylic acids is 3. The predicted molar refractivity (Wildman–Crippen MR) is 324 cm³/mol. The highest BCUT2D eigenvalue weighted by Gasteiger charge is 2.22. The van der Waals surface area contributed by atoms with Crippen molar-refractivity contribution in [1.82, 2.24) is 0 Å². The van der Waals surface area contributed by atoms with Crippen molar-refractivity contribution < 1.29 is 42.9 Å². The molecule has 0 bridgehead atoms. The Balaban J connectivity index is 4.03. The third kappa shape index (κ3) is 60.0. The van der Waals surface area contributed by atoms with Gasteiger partial charge in [-0.1, -0.05) is 253 Å². The number of carboxylic acid groups (broad SMARTS) is 1. The zero-order valence-electron chi connectivity index (χ0n) is 50.6. The van der Waals surface area contributed by atoms with Crippen molar-refractivity contribution in [2.24, 2.45) is 0 Å². The van der Waals surface area contributed by atoms with Gasteiger partial charge in [0.15, 0.2) is 12.4 Å². The third-order valence-corrected chi connectivity index (χ3v) is 13.6. The van der Waals surface area contributed by atoms with E-state index in [0.717, 1.165) is 89.9 Å². The summed E-state index contributed by atoms with van der Waals surface area (Å²) >= 11 is 0. The molecule has 0 saturated carbocycles. The van der Waals surface area contributed by atoms with E-state index >= 15 is 0 Å². The van der Waals surface area contributed by atoms with E-state index in [2.05, 4.69) is 98.9 Å². The van der Waals surface area contributed by atoms with E-state index in [9.17, 15) is 19.5 Å². The highest BCUT2D eigenvalue weighted by Crippen LogP contribution is 2.17. The number of carbonyl (C=O) groups is 3. The van der Waals surface area contributed by atoms with Gasteiger partial charge in [0, 0.05) is 12.8 Å². The fourth-order valence-corrected chi connectivity index (χ4v) is 8.77. The van der Waals surface area contributed by atoms with Gasteiger partial charge in [-0.3, -0.25) is 9.59 Å². The van der Waals surface area contributed by atoms with Crippen LogP contribution in [-0.2, 0) is 33.3 Å². The first kappa shape index (κ1) is 73.5. The molecule has 0 amide bonds. The van der Waals surface area contributed by atoms with Gasteiger partial charge in [-0.25, -0.2) is 0 Å². The van der Waals surface area contributed by atoms with Gasteiger partial charge < -0.3 is 33.3 Å². The smallest absolute Gasteiger partial charge is 0.306 e. The number of hydrogen-bond acceptors (Lipinski definition) is 8. The summed E-state index contributed by atoms with van der Waals surface area (Å²) in [7, 11) is 5.92. The number of ether oxygens (including phenoxy) is 4. The first-order chi connectivity index (χ1) is 37.6. The number of esters is 2. The van der Waals surface area contributed by atoms with E-state index in [1.54, 1.807) is 0 Å². The SMILES string of the molecule is CC/C=C\C/C=C\C/C=C\C/C=C\C/C=C\CCCCCCCCCCCCCCCCCCCCCCCC(=O)OC(COC(=O)CCCCCCC/C=C\C/C=C\CCCCC)COC(OCC[N+](C)(C)C)C(=O)[O-]. The van der Waals surface area contributed by atoms with Crippen molar-refractivity contribution in [3.63, 3.8) is 0 Å². The van der Waals surface area contributed by atoms with Gasteiger partial charge in [0.1, 0.15) is 13.2 Å². The molecule has 0 aliphatic heterocycles. The first-order valence-electron chi connectivity index (χ1n) is 31.7. The monoisotopic (exact) mass is 1080 g/mol. The van der Waals surface area contributed by atoms with Crippen molar-refractivity contribution in [2.45, 2.75) is 283 Å². The molecule has 0 fully saturated rings. The van der Waals surface area contributed by atoms with Gasteiger partial charge in [0.25, 0.3) is 0 Å². The minimum Gasteiger partial charge on any atom is -0.545 e. The van der Waals surface area contributed by atoms with Gasteiger partial charge in [0.05, 0.1) is 40.3 Å². The van der Waals surface area contributed by atoms with Crippen molar-refractivity contribution >= 4 is 17.9 Å². The molecule has 0 aromatic rings. The summed E-state index contributed by atoms with van der Waals surface area (Å²) in [6, 6.07) is 0. The fourth-order valence-electron chi connectivity index (χ4n) is 8.77. The van der Waals surface area contributed by atoms with Crippen LogP contribution in [0.3, 0.4) is 0 Å². The van der Waals surface area contributed by atoms with Gasteiger partial charge in [0.2, 0.25) is 0 Å². The molecule has 444 valence electrons. The summed E-state index contributed by atoms with van der Waals surface area (Å²) in [6.07, 6.45) is 75.2. The molecule has 0 aromatic carbocycles. The fraction of sp³-hybridized carbons (Fsp3) is 0.750. The van der Waals surface area contributed by atoms with E-state index in [1.165, 1.54) is 148 Å². The molecule has 9 heteroatoms. The van der Waals surface area contributed by atoms with Crippen LogP contribution in [0.1, 0.15) is 271 Å². The Bertz CT molecular complexity index is 1540. The number of hydrogen-bond donors (Lipinski definition) is 0. The summed E-state index contributed by atoms with van der Waals surface area (Å²) in [6.45, 7) is 4.61. The van der Waals surface area contributed by atoms with Gasteiger partial charge in [-0.15, -0.1) is 0 Å². The average Bonchev–Trinajstić information content (AvgIpc) is 3.40. The van der Waals surface area contributed by atoms with E-state index < -0.39 is 24.3 Å². The van der Waals surface area contributed by atoms with Crippen LogP contribution in [0, 0.1) is 0 Å². The average molecular weight is 1080 g/mol. The maximum absolute atomic E-state index is 12.9. The molecule has 0 aromatic heterocycles. The zero-order valence-corrected chi connectivity index (χ0v) is 50.6. The molecule has 2 atom stereocenters. The first-order valence-corrected chi connectivity index (χ1v) is 31.7. The molecular weight excluding hydrogens is 959 g/mol. The quantitative estimate of drug-likeness (QED) is 0.0195. The highest BCUT2D eigenvalue weighted by molar-refractivity contribution is 5.70. The number of carboxylic acids is 1. The molecule has 0 spiro atoms. The minimum atomic E-state index is -1.63. The predicted octanol–water partition coefficient (Wildman–Crippen LogP) is 17.8. The Labute approximate surface area is 474 Å². The number of rotatable bonds is 58. The molecule has 0 N–H and O–H groups in total. The van der Waals surface area contributed by atoms with Crippen LogP contribution < -0.4 is 5.11 Å². The second-order valence-electron chi connectivity index (χ2n) is 22.3. The Hall–Kier alpha value is -3.53. The topological polar surface area (TPSA) is 111 Å². The molecule has 0 radical (unpaired) electrons. The van der Waals surface area contributed by atoms with Crippen LogP contribution in [0.25, 0.3) is 0 Å². The Morgan fingerprint density at radius 3 is 1.10 bits per heavy atom. The molecule has 0 aliphatic rings. The lowest BCUT2D eigenvalue weighted by Gasteiger charge is -2.26. The lowest BCUT2D eigenvalue weighted by atomic mass is 10.0. The number of likely N-dealkylation sites (N-methyl/N-ethyl adjacent to an activating group) is 1. The zero-order chi connectivity index (χ0) is 56.2. The van der Waals surface area contributed by atoms with Crippen LogP contribution in [0.2, 0.25) is 0 Å². The van der Waals surface area contributed by atoms with Crippen LogP contribution in [-0.4, -0.2) is 82.3 Å². The number of quaternary nitrogens is 1. The molecule has 2 unspecified atom stereocenters. The molecule has 0 aliphatic carbocycles. The third-order valence-electron chi connectivity index (χ3n) is 13.6. The number of allylic oxidation sites excluding steroid dienone is 14. The van der Waals surface area contributed by atoms with E-state index in [0.29, 0.717) is 17.4 Å². The second-order valence-corrected chi connectivity index (χ2v) is 22.3. The Kier molecular flexibility index (Phi) is 55.9. The molecule has 0 rings (SSSR count). The van der Waals surface area contributed by atoms with Crippen molar-refractivity contribution in [3.8, 4) is 0 Å². The molecular formula is C68H119NO8. The highest BCUT2D eigenvalue weighted by atomic mass is 16.7. The summed E-state index contributed by atoms with van der Waals surface area (Å²) in [5, 5.41) is 11.8. The lowest BCUT2D eigenvalue weighted by Crippen LogP contribution is -2.44. The summed E-state index contributed by atoms with van der Waals surface area (Å²) in [5.74, 6) is -2.29. The maximum Gasteiger partial charge on any atom is 0.306 e. The number of unbranched alkanes of at least 4 members (excludes halogenated alkanes) is 29. The van der Waals surface area contributed by atoms with Gasteiger partial charge in [-0.05, 0) is 89.9 Å². The summed E-state index contributed by atoms with van der Waals surface area (Å²) in [5.41, 5.74) is 0. The lowest BCUT2D eigenvalue weighted by molar-refractivity contribution is -0.870. The van der Waals surface area contributed by atoms with E-state index in [4.69, 9.17) is 18.9 Å². The number of nitrogens with zero attached hydrogens (tertiary/aromatic N) is 1. The second kappa shape index (κ2) is 58.6. The molecule has 0 saturated heterocycles. The van der Waals surface area contributed by atoms with Crippen molar-refractivity contribution in [1.29, 1.82) is 0 Å². The van der Waals surface area contributed by atoms with Crippen LogP contribution >= 0.6 is 0 Å². The number of aliphatic carboxylic acids is 1. The normalized spacial score (nSPS) is 13.3. The maximum atomic E-state index is 12.9. The standard InChI is InChI=1S/C68H119NO8/c1-6-8-10-12-14-16-18-20-22-23-24-25-26-27-28-29-30-31-32-33-34-35-36-37-38-39-40-41-42-43-45-47-49-51-53-55-57-59-66(71)77-64(63-76-68(67(72)73)74-61-60-69(3,4)5)62-75-65(70)58-56-54-52-50-48-46-44-21-19-17-15-13-11-9-7-2/h8,10,14-17,20-22,24-25,27-28,44,64,68H,6-7,9,11-13,18-19,23,26,29-43,45-63H2,1-5H3/b10-8-,16-14-,17-15-,22-20-,25-24-,28-27-,44-21-. The van der Waals surface area contributed by atoms with Crippen LogP contribution in [0.5, 0.6) is 0 Å². The van der Waals surface area contributed by atoms with E-state index in [-0.39, 0.29) is 38.6 Å². The molecule has 9 nitrogen and oxygen atoms in total. The van der Waals surface area contributed by atoms with E-state index in [1.807, 2.05) is 21.1 Å². The van der Waals surface area contributed by atoms with Gasteiger partial charge in [-0.2, -0.15) is 0 Å². The van der Waals surface area contributed by atoms with Crippen molar-refractivity contribution in [2.75, 3.05) is 47.5 Å². The minimum absolute atomic E-state index is 0.144. The Morgan fingerprint density at radius 2 is 0.740 bits per heavy atom. The summed E-state index contributed by atoms with van der Waals surface area (Å²) < 4.78 is 22.7. The summed E-state index contributed by atoms with van der Waals surface area (Å²) in [4.78, 5) is 37.3.